The Bertz CT molecular complexity index is 714. The van der Waals surface area contributed by atoms with Crippen LogP contribution in [-0.2, 0) is 4.79 Å². The van der Waals surface area contributed by atoms with Gasteiger partial charge < -0.3 is 15.6 Å². The van der Waals surface area contributed by atoms with Crippen molar-refractivity contribution < 1.29 is 19.0 Å². The molecule has 0 unspecified atom stereocenters. The molecule has 22 heavy (non-hydrogen) atoms. The van der Waals surface area contributed by atoms with Gasteiger partial charge in [-0.05, 0) is 35.4 Å². The number of benzene rings is 2. The first-order valence-corrected chi connectivity index (χ1v) is 6.25. The lowest BCUT2D eigenvalue weighted by Gasteiger charge is -2.11. The summed E-state index contributed by atoms with van der Waals surface area (Å²) in [6.45, 7) is 0. The number of carbonyl (C=O) groups is 1. The highest BCUT2D eigenvalue weighted by Gasteiger charge is 2.12. The van der Waals surface area contributed by atoms with Gasteiger partial charge in [0.1, 0.15) is 11.6 Å². The number of nitrogens with two attached hydrogens (primary N) is 2. The minimum Gasteiger partial charge on any atom is -0.476 e. The molecule has 7 heteroatoms. The third-order valence-corrected chi connectivity index (χ3v) is 2.84. The summed E-state index contributed by atoms with van der Waals surface area (Å²) in [7, 11) is 0. The third kappa shape index (κ3) is 3.53. The Labute approximate surface area is 125 Å². The van der Waals surface area contributed by atoms with E-state index in [2.05, 4.69) is 5.43 Å². The van der Waals surface area contributed by atoms with Gasteiger partial charge in [0.25, 0.3) is 0 Å². The number of carboxylic acid groups (broad SMARTS) is 1. The van der Waals surface area contributed by atoms with Gasteiger partial charge in [0.15, 0.2) is 5.70 Å². The van der Waals surface area contributed by atoms with Crippen molar-refractivity contribution in [1.82, 2.24) is 5.43 Å². The summed E-state index contributed by atoms with van der Waals surface area (Å²) >= 11 is 0. The second-order valence-corrected chi connectivity index (χ2v) is 4.33. The van der Waals surface area contributed by atoms with Crippen LogP contribution in [0.3, 0.4) is 0 Å². The Kier molecular flexibility index (Phi) is 4.60. The Balaban J connectivity index is 2.22. The molecule has 0 aliphatic rings. The van der Waals surface area contributed by atoms with E-state index >= 15 is 0 Å². The number of hydrogen-bond acceptors (Lipinski definition) is 5. The molecule has 114 valence electrons. The molecular weight excluding hydrogens is 289 g/mol. The summed E-state index contributed by atoms with van der Waals surface area (Å²) in [5.41, 5.74) is 8.36. The molecule has 0 radical (unpaired) electrons. The van der Waals surface area contributed by atoms with Crippen LogP contribution in [0.4, 0.5) is 4.39 Å². The Morgan fingerprint density at radius 1 is 1.14 bits per heavy atom. The lowest BCUT2D eigenvalue weighted by molar-refractivity contribution is -0.132. The topological polar surface area (TPSA) is 111 Å². The maximum Gasteiger partial charge on any atom is 0.357 e. The molecule has 0 bridgehead atoms. The average Bonchev–Trinajstić information content (AvgIpc) is 2.52. The van der Waals surface area contributed by atoms with Gasteiger partial charge in [0.05, 0.1) is 0 Å². The number of ether oxygens (including phenoxy) is 1. The maximum atomic E-state index is 13.2. The molecule has 0 fully saturated rings. The first-order chi connectivity index (χ1) is 10.5. The van der Waals surface area contributed by atoms with Gasteiger partial charge in [-0.3, -0.25) is 5.43 Å². The van der Waals surface area contributed by atoms with E-state index in [9.17, 15) is 9.18 Å². The Morgan fingerprint density at radius 2 is 1.82 bits per heavy atom. The van der Waals surface area contributed by atoms with E-state index in [1.54, 1.807) is 36.4 Å². The van der Waals surface area contributed by atoms with E-state index in [1.165, 1.54) is 12.1 Å². The van der Waals surface area contributed by atoms with Crippen molar-refractivity contribution in [3.63, 3.8) is 0 Å². The summed E-state index contributed by atoms with van der Waals surface area (Å²) in [6, 6.07) is 12.7. The molecule has 2 aromatic rings. The van der Waals surface area contributed by atoms with Gasteiger partial charge in [-0.15, -0.1) is 0 Å². The molecule has 0 aliphatic heterocycles. The van der Waals surface area contributed by atoms with Gasteiger partial charge in [0.2, 0.25) is 5.88 Å². The second kappa shape index (κ2) is 6.59. The molecule has 0 amide bonds. The van der Waals surface area contributed by atoms with Gasteiger partial charge in [-0.1, -0.05) is 24.3 Å². The number of hydrazine groups is 1. The molecule has 0 aromatic heterocycles. The van der Waals surface area contributed by atoms with Crippen LogP contribution in [0.25, 0.3) is 11.1 Å². The fraction of sp³-hybridized carbons (Fsp3) is 0. The number of hydrogen-bond donors (Lipinski definition) is 4. The van der Waals surface area contributed by atoms with Crippen molar-refractivity contribution in [2.24, 2.45) is 11.6 Å². The second-order valence-electron chi connectivity index (χ2n) is 4.33. The zero-order chi connectivity index (χ0) is 16.1. The van der Waals surface area contributed by atoms with Crippen LogP contribution in [0.1, 0.15) is 0 Å². The van der Waals surface area contributed by atoms with Crippen LogP contribution in [0.2, 0.25) is 0 Å². The van der Waals surface area contributed by atoms with Crippen LogP contribution < -0.4 is 21.7 Å². The molecule has 0 atom stereocenters. The first-order valence-electron chi connectivity index (χ1n) is 6.25. The molecule has 2 rings (SSSR count). The predicted molar refractivity (Wildman–Crippen MR) is 78.6 cm³/mol. The SMILES string of the molecule is NN/C(Oc1ccc(-c2cccc(F)c2)cc1)=C(\N)C(=O)O. The zero-order valence-corrected chi connectivity index (χ0v) is 11.4. The monoisotopic (exact) mass is 303 g/mol. The van der Waals surface area contributed by atoms with E-state index < -0.39 is 11.7 Å². The van der Waals surface area contributed by atoms with Crippen LogP contribution in [-0.4, -0.2) is 11.1 Å². The molecule has 6 N–H and O–H groups in total. The molecular formula is C15H14FN3O3. The molecule has 2 aromatic carbocycles. The normalized spacial score (nSPS) is 11.5. The third-order valence-electron chi connectivity index (χ3n) is 2.84. The minimum absolute atomic E-state index is 0.272. The summed E-state index contributed by atoms with van der Waals surface area (Å²) in [5, 5.41) is 8.79. The van der Waals surface area contributed by atoms with E-state index in [0.717, 1.165) is 5.56 Å². The number of rotatable bonds is 5. The van der Waals surface area contributed by atoms with Crippen molar-refractivity contribution in [2.45, 2.75) is 0 Å². The maximum absolute atomic E-state index is 13.2. The highest BCUT2D eigenvalue weighted by molar-refractivity contribution is 5.85. The van der Waals surface area contributed by atoms with Gasteiger partial charge >= 0.3 is 5.97 Å². The molecule has 6 nitrogen and oxygen atoms in total. The average molecular weight is 303 g/mol. The quantitative estimate of drug-likeness (QED) is 0.289. The lowest BCUT2D eigenvalue weighted by atomic mass is 10.1. The van der Waals surface area contributed by atoms with E-state index in [4.69, 9.17) is 21.4 Å². The fourth-order valence-corrected chi connectivity index (χ4v) is 1.76. The number of carboxylic acids is 1. The molecule has 0 heterocycles. The van der Waals surface area contributed by atoms with Gasteiger partial charge in [-0.25, -0.2) is 15.0 Å². The molecule has 0 spiro atoms. The highest BCUT2D eigenvalue weighted by Crippen LogP contribution is 2.23. The molecule has 0 saturated carbocycles. The van der Waals surface area contributed by atoms with E-state index in [0.29, 0.717) is 11.3 Å². The summed E-state index contributed by atoms with van der Waals surface area (Å²) in [4.78, 5) is 10.8. The van der Waals surface area contributed by atoms with Crippen molar-refractivity contribution in [3.05, 3.63) is 65.9 Å². The van der Waals surface area contributed by atoms with Crippen molar-refractivity contribution in [2.75, 3.05) is 0 Å². The van der Waals surface area contributed by atoms with E-state index in [-0.39, 0.29) is 11.7 Å². The summed E-state index contributed by atoms with van der Waals surface area (Å²) in [6.07, 6.45) is 0. The zero-order valence-electron chi connectivity index (χ0n) is 11.4. The Hall–Kier alpha value is -3.06. The van der Waals surface area contributed by atoms with Gasteiger partial charge in [-0.2, -0.15) is 0 Å². The van der Waals surface area contributed by atoms with Crippen LogP contribution >= 0.6 is 0 Å². The Morgan fingerprint density at radius 3 is 2.36 bits per heavy atom. The van der Waals surface area contributed by atoms with E-state index in [1.807, 2.05) is 0 Å². The van der Waals surface area contributed by atoms with Crippen molar-refractivity contribution in [3.8, 4) is 16.9 Å². The summed E-state index contributed by atoms with van der Waals surface area (Å²) in [5.74, 6) is 3.55. The summed E-state index contributed by atoms with van der Waals surface area (Å²) < 4.78 is 18.5. The number of nitrogens with one attached hydrogen (secondary N) is 1. The lowest BCUT2D eigenvalue weighted by Crippen LogP contribution is -2.31. The van der Waals surface area contributed by atoms with Crippen LogP contribution in [0, 0.1) is 5.82 Å². The molecule has 0 aliphatic carbocycles. The van der Waals surface area contributed by atoms with Crippen molar-refractivity contribution >= 4 is 5.97 Å². The van der Waals surface area contributed by atoms with Gasteiger partial charge in [0, 0.05) is 0 Å². The highest BCUT2D eigenvalue weighted by atomic mass is 19.1. The van der Waals surface area contributed by atoms with Crippen LogP contribution in [0.15, 0.2) is 60.1 Å². The first kappa shape index (κ1) is 15.3. The number of halogens is 1. The number of aliphatic carboxylic acids is 1. The molecule has 0 saturated heterocycles. The van der Waals surface area contributed by atoms with Crippen LogP contribution in [0.5, 0.6) is 5.75 Å². The fourth-order valence-electron chi connectivity index (χ4n) is 1.76. The standard InChI is InChI=1S/C15H14FN3O3/c16-11-3-1-2-10(8-11)9-4-6-12(7-5-9)22-14(19-18)13(17)15(20)21/h1-8,19H,17-18H2,(H,20,21)/b14-13+. The predicted octanol–water partition coefficient (Wildman–Crippen LogP) is 1.55. The largest absolute Gasteiger partial charge is 0.476 e. The minimum atomic E-state index is -1.36. The van der Waals surface area contributed by atoms with Crippen molar-refractivity contribution in [1.29, 1.82) is 0 Å². The smallest absolute Gasteiger partial charge is 0.357 e.